The first kappa shape index (κ1) is 22.2. The lowest BCUT2D eigenvalue weighted by atomic mass is 10.0. The third-order valence-electron chi connectivity index (χ3n) is 5.26. The van der Waals surface area contributed by atoms with E-state index in [1.165, 1.54) is 17.3 Å². The lowest BCUT2D eigenvalue weighted by molar-refractivity contribution is -0.113. The summed E-state index contributed by atoms with van der Waals surface area (Å²) < 4.78 is 13.5. The van der Waals surface area contributed by atoms with Gasteiger partial charge in [0.25, 0.3) is 0 Å². The molecule has 168 valence electrons. The lowest BCUT2D eigenvalue weighted by Crippen LogP contribution is -2.15. The van der Waals surface area contributed by atoms with Gasteiger partial charge in [-0.2, -0.15) is 0 Å². The molecule has 1 amide bonds. The molecule has 7 nitrogen and oxygen atoms in total. The molecule has 2 heterocycles. The van der Waals surface area contributed by atoms with Crippen molar-refractivity contribution in [2.45, 2.75) is 51.3 Å². The van der Waals surface area contributed by atoms with Gasteiger partial charge in [0.15, 0.2) is 5.16 Å². The molecule has 3 aromatic rings. The van der Waals surface area contributed by atoms with Crippen LogP contribution in [-0.4, -0.2) is 39.1 Å². The van der Waals surface area contributed by atoms with Gasteiger partial charge in [-0.25, -0.2) is 0 Å². The molecule has 0 spiro atoms. The highest BCUT2D eigenvalue weighted by Gasteiger charge is 2.23. The molecule has 32 heavy (non-hydrogen) atoms. The summed E-state index contributed by atoms with van der Waals surface area (Å²) in [6.45, 7) is 8.80. The van der Waals surface area contributed by atoms with Crippen LogP contribution in [0.25, 0.3) is 5.69 Å². The Morgan fingerprint density at radius 3 is 2.81 bits per heavy atom. The van der Waals surface area contributed by atoms with E-state index in [1.54, 1.807) is 6.33 Å². The van der Waals surface area contributed by atoms with E-state index in [-0.39, 0.29) is 17.8 Å². The number of hydrogen-bond acceptors (Lipinski definition) is 6. The largest absolute Gasteiger partial charge is 0.492 e. The molecule has 0 fully saturated rings. The Balaban J connectivity index is 1.43. The van der Waals surface area contributed by atoms with Gasteiger partial charge in [-0.3, -0.25) is 9.36 Å². The standard InChI is InChI=1S/C24H28N4O3S/c1-5-30-22-11-18-10-16(4)31-21(18)12-20(22)26-23(29)13-32-24-27-25-14-28(24)19-8-6-17(7-9-19)15(2)3/h6-9,11-12,14-16H,5,10,13H2,1-4H3,(H,26,29)/t16-/m0/s1. The van der Waals surface area contributed by atoms with Gasteiger partial charge in [-0.1, -0.05) is 37.7 Å². The van der Waals surface area contributed by atoms with Gasteiger partial charge >= 0.3 is 0 Å². The molecule has 1 atom stereocenters. The molecule has 0 radical (unpaired) electrons. The third kappa shape index (κ3) is 4.91. The van der Waals surface area contributed by atoms with Crippen LogP contribution in [0.15, 0.2) is 47.9 Å². The fraction of sp³-hybridized carbons (Fsp3) is 0.375. The fourth-order valence-corrected chi connectivity index (χ4v) is 4.38. The van der Waals surface area contributed by atoms with Gasteiger partial charge in [0.2, 0.25) is 5.91 Å². The highest BCUT2D eigenvalue weighted by atomic mass is 32.2. The van der Waals surface area contributed by atoms with Crippen molar-refractivity contribution in [1.82, 2.24) is 14.8 Å². The maximum absolute atomic E-state index is 12.7. The quantitative estimate of drug-likeness (QED) is 0.493. The first-order valence-corrected chi connectivity index (χ1v) is 11.8. The molecule has 0 aliphatic carbocycles. The summed E-state index contributed by atoms with van der Waals surface area (Å²) >= 11 is 1.34. The van der Waals surface area contributed by atoms with Crippen LogP contribution in [0, 0.1) is 0 Å². The molecule has 1 aliphatic heterocycles. The average molecular weight is 453 g/mol. The molecule has 4 rings (SSSR count). The van der Waals surface area contributed by atoms with Crippen molar-refractivity contribution in [2.75, 3.05) is 17.7 Å². The maximum Gasteiger partial charge on any atom is 0.234 e. The number of aromatic nitrogens is 3. The van der Waals surface area contributed by atoms with E-state index in [9.17, 15) is 4.79 Å². The van der Waals surface area contributed by atoms with Crippen molar-refractivity contribution in [3.05, 3.63) is 53.9 Å². The van der Waals surface area contributed by atoms with Crippen LogP contribution in [0.2, 0.25) is 0 Å². The topological polar surface area (TPSA) is 78.3 Å². The SMILES string of the molecule is CCOc1cc2c(cc1NC(=O)CSc1nncn1-c1ccc(C(C)C)cc1)O[C@@H](C)C2. The van der Waals surface area contributed by atoms with E-state index in [1.807, 2.05) is 42.7 Å². The normalized spacial score (nSPS) is 14.8. The molecule has 2 aromatic carbocycles. The molecule has 1 N–H and O–H groups in total. The zero-order chi connectivity index (χ0) is 22.7. The van der Waals surface area contributed by atoms with Crippen LogP contribution in [0.5, 0.6) is 11.5 Å². The van der Waals surface area contributed by atoms with E-state index in [0.717, 1.165) is 23.4 Å². The van der Waals surface area contributed by atoms with Crippen LogP contribution in [-0.2, 0) is 11.2 Å². The number of anilines is 1. The number of ether oxygens (including phenoxy) is 2. The summed E-state index contributed by atoms with van der Waals surface area (Å²) in [5.74, 6) is 1.98. The van der Waals surface area contributed by atoms with Gasteiger partial charge in [-0.05, 0) is 43.5 Å². The maximum atomic E-state index is 12.7. The van der Waals surface area contributed by atoms with Gasteiger partial charge < -0.3 is 14.8 Å². The van der Waals surface area contributed by atoms with Crippen LogP contribution < -0.4 is 14.8 Å². The average Bonchev–Trinajstić information content (AvgIpc) is 3.38. The summed E-state index contributed by atoms with van der Waals surface area (Å²) in [6, 6.07) is 12.1. The number of hydrogen-bond donors (Lipinski definition) is 1. The molecule has 0 saturated heterocycles. The Hall–Kier alpha value is -3.00. The summed E-state index contributed by atoms with van der Waals surface area (Å²) in [4.78, 5) is 12.7. The molecule has 0 unspecified atom stereocenters. The number of nitrogens with one attached hydrogen (secondary N) is 1. The van der Waals surface area contributed by atoms with Crippen molar-refractivity contribution in [3.63, 3.8) is 0 Å². The van der Waals surface area contributed by atoms with Crippen molar-refractivity contribution < 1.29 is 14.3 Å². The minimum Gasteiger partial charge on any atom is -0.492 e. The Kier molecular flexibility index (Phi) is 6.69. The highest BCUT2D eigenvalue weighted by Crippen LogP contribution is 2.38. The molecule has 8 heteroatoms. The summed E-state index contributed by atoms with van der Waals surface area (Å²) in [5, 5.41) is 11.8. The van der Waals surface area contributed by atoms with Gasteiger partial charge in [0.05, 0.1) is 18.0 Å². The van der Waals surface area contributed by atoms with E-state index in [4.69, 9.17) is 9.47 Å². The number of rotatable bonds is 8. The number of thioether (sulfide) groups is 1. The van der Waals surface area contributed by atoms with Crippen molar-refractivity contribution in [2.24, 2.45) is 0 Å². The zero-order valence-electron chi connectivity index (χ0n) is 18.8. The minimum atomic E-state index is -0.147. The second kappa shape index (κ2) is 9.65. The second-order valence-corrected chi connectivity index (χ2v) is 9.03. The van der Waals surface area contributed by atoms with Crippen LogP contribution >= 0.6 is 11.8 Å². The fourth-order valence-electron chi connectivity index (χ4n) is 3.65. The third-order valence-corrected chi connectivity index (χ3v) is 6.20. The van der Waals surface area contributed by atoms with Crippen LogP contribution in [0.3, 0.4) is 0 Å². The van der Waals surface area contributed by atoms with Crippen molar-refractivity contribution >= 4 is 23.4 Å². The number of amides is 1. The van der Waals surface area contributed by atoms with E-state index >= 15 is 0 Å². The van der Waals surface area contributed by atoms with Gasteiger partial charge in [0, 0.05) is 23.7 Å². The Morgan fingerprint density at radius 2 is 2.09 bits per heavy atom. The Morgan fingerprint density at radius 1 is 1.31 bits per heavy atom. The molecule has 1 aliphatic rings. The predicted octanol–water partition coefficient (Wildman–Crippen LogP) is 4.84. The molecule has 0 saturated carbocycles. The van der Waals surface area contributed by atoms with E-state index in [2.05, 4.69) is 41.5 Å². The number of nitrogens with zero attached hydrogens (tertiary/aromatic N) is 3. The smallest absolute Gasteiger partial charge is 0.234 e. The molecule has 0 bridgehead atoms. The minimum absolute atomic E-state index is 0.127. The first-order chi connectivity index (χ1) is 15.4. The predicted molar refractivity (Wildman–Crippen MR) is 126 cm³/mol. The lowest BCUT2D eigenvalue weighted by Gasteiger charge is -2.13. The Bertz CT molecular complexity index is 1100. The van der Waals surface area contributed by atoms with E-state index in [0.29, 0.717) is 29.1 Å². The number of fused-ring (bicyclic) bond motifs is 1. The second-order valence-electron chi connectivity index (χ2n) is 8.09. The highest BCUT2D eigenvalue weighted by molar-refractivity contribution is 7.99. The van der Waals surface area contributed by atoms with E-state index < -0.39 is 0 Å². The number of carbonyl (C=O) groups is 1. The molecular weight excluding hydrogens is 424 g/mol. The molecular formula is C24H28N4O3S. The molecule has 1 aromatic heterocycles. The summed E-state index contributed by atoms with van der Waals surface area (Å²) in [5.41, 5.74) is 3.96. The zero-order valence-corrected chi connectivity index (χ0v) is 19.6. The first-order valence-electron chi connectivity index (χ1n) is 10.8. The van der Waals surface area contributed by atoms with Gasteiger partial charge in [0.1, 0.15) is 23.9 Å². The summed E-state index contributed by atoms with van der Waals surface area (Å²) in [7, 11) is 0. The van der Waals surface area contributed by atoms with Crippen LogP contribution in [0.1, 0.15) is 44.7 Å². The van der Waals surface area contributed by atoms with Gasteiger partial charge in [-0.15, -0.1) is 10.2 Å². The monoisotopic (exact) mass is 452 g/mol. The Labute approximate surface area is 192 Å². The summed E-state index contributed by atoms with van der Waals surface area (Å²) in [6.07, 6.45) is 2.63. The van der Waals surface area contributed by atoms with Crippen LogP contribution in [0.4, 0.5) is 5.69 Å². The number of benzene rings is 2. The van der Waals surface area contributed by atoms with Crippen molar-refractivity contribution in [1.29, 1.82) is 0 Å². The number of carbonyl (C=O) groups excluding carboxylic acids is 1. The van der Waals surface area contributed by atoms with Crippen molar-refractivity contribution in [3.8, 4) is 17.2 Å².